The third-order valence-corrected chi connectivity index (χ3v) is 7.01. The van der Waals surface area contributed by atoms with Crippen LogP contribution in [0.5, 0.6) is 0 Å². The monoisotopic (exact) mass is 395 g/mol. The summed E-state index contributed by atoms with van der Waals surface area (Å²) in [7, 11) is 0. The highest BCUT2D eigenvalue weighted by Gasteiger charge is 2.27. The molecule has 0 bridgehead atoms. The molecule has 23 heavy (non-hydrogen) atoms. The summed E-state index contributed by atoms with van der Waals surface area (Å²) in [5.41, 5.74) is 1.35. The van der Waals surface area contributed by atoms with Crippen molar-refractivity contribution in [1.29, 1.82) is 0 Å². The maximum Gasteiger partial charge on any atom is 0.147 e. The maximum atomic E-state index is 4.50. The van der Waals surface area contributed by atoms with Gasteiger partial charge in [0.1, 0.15) is 11.6 Å². The van der Waals surface area contributed by atoms with Gasteiger partial charge in [0, 0.05) is 30.4 Å². The first-order valence-electron chi connectivity index (χ1n) is 8.30. The Labute approximate surface area is 149 Å². The number of hydrogen-bond acceptors (Lipinski definition) is 5. The van der Waals surface area contributed by atoms with Gasteiger partial charge in [-0.05, 0) is 60.4 Å². The lowest BCUT2D eigenvalue weighted by molar-refractivity contribution is 0.201. The lowest BCUT2D eigenvalue weighted by atomic mass is 9.95. The van der Waals surface area contributed by atoms with Crippen LogP contribution < -0.4 is 5.32 Å². The first kappa shape index (κ1) is 15.7. The molecule has 0 radical (unpaired) electrons. The standard InChI is InChI=1S/C16H22BrN5S/c1-11-8-13(23-15(11)17)10-21-5-2-12(3-6-21)16-20-19-14-9-18-4-7-22(14)16/h8,12,18H,2-7,9-10H2,1H3. The van der Waals surface area contributed by atoms with E-state index in [4.69, 9.17) is 0 Å². The molecule has 0 aromatic carbocycles. The fourth-order valence-corrected chi connectivity index (χ4v) is 5.26. The summed E-state index contributed by atoms with van der Waals surface area (Å²) < 4.78 is 3.61. The molecule has 2 aromatic heterocycles. The van der Waals surface area contributed by atoms with Gasteiger partial charge < -0.3 is 9.88 Å². The quantitative estimate of drug-likeness (QED) is 0.867. The van der Waals surface area contributed by atoms with Crippen LogP contribution in [0.4, 0.5) is 0 Å². The van der Waals surface area contributed by atoms with Gasteiger partial charge in [0.25, 0.3) is 0 Å². The molecule has 4 rings (SSSR count). The van der Waals surface area contributed by atoms with Gasteiger partial charge in [0.05, 0.1) is 10.3 Å². The molecule has 2 aliphatic rings. The van der Waals surface area contributed by atoms with Gasteiger partial charge in [-0.3, -0.25) is 4.90 Å². The molecular formula is C16H22BrN5S. The van der Waals surface area contributed by atoms with E-state index in [0.29, 0.717) is 5.92 Å². The average Bonchev–Trinajstić information content (AvgIpc) is 3.12. The van der Waals surface area contributed by atoms with Gasteiger partial charge in [-0.25, -0.2) is 0 Å². The summed E-state index contributed by atoms with van der Waals surface area (Å²) in [6.45, 7) is 8.45. The Morgan fingerprint density at radius 2 is 2.13 bits per heavy atom. The predicted molar refractivity (Wildman–Crippen MR) is 95.7 cm³/mol. The number of thiophene rings is 1. The highest BCUT2D eigenvalue weighted by atomic mass is 79.9. The Kier molecular flexibility index (Phi) is 4.54. The molecule has 0 saturated carbocycles. The summed E-state index contributed by atoms with van der Waals surface area (Å²) in [6, 6.07) is 2.31. The zero-order valence-electron chi connectivity index (χ0n) is 13.4. The van der Waals surface area contributed by atoms with E-state index in [9.17, 15) is 0 Å². The van der Waals surface area contributed by atoms with Crippen LogP contribution in [0.25, 0.3) is 0 Å². The molecule has 0 atom stereocenters. The van der Waals surface area contributed by atoms with Gasteiger partial charge in [0.15, 0.2) is 0 Å². The van der Waals surface area contributed by atoms with E-state index in [1.807, 2.05) is 11.3 Å². The van der Waals surface area contributed by atoms with Crippen LogP contribution in [0.15, 0.2) is 9.85 Å². The zero-order valence-corrected chi connectivity index (χ0v) is 15.8. The number of hydrogen-bond donors (Lipinski definition) is 1. The molecular weight excluding hydrogens is 374 g/mol. The Morgan fingerprint density at radius 1 is 1.30 bits per heavy atom. The van der Waals surface area contributed by atoms with Crippen molar-refractivity contribution in [3.63, 3.8) is 0 Å². The minimum absolute atomic E-state index is 0.572. The van der Waals surface area contributed by atoms with E-state index in [0.717, 1.165) is 45.1 Å². The molecule has 0 unspecified atom stereocenters. The summed E-state index contributed by atoms with van der Waals surface area (Å²) in [5.74, 6) is 2.89. The molecule has 7 heteroatoms. The summed E-state index contributed by atoms with van der Waals surface area (Å²) in [6.07, 6.45) is 2.38. The van der Waals surface area contributed by atoms with Crippen LogP contribution in [-0.4, -0.2) is 39.3 Å². The summed E-state index contributed by atoms with van der Waals surface area (Å²) >= 11 is 5.50. The summed E-state index contributed by atoms with van der Waals surface area (Å²) in [4.78, 5) is 4.03. The van der Waals surface area contributed by atoms with Crippen molar-refractivity contribution in [3.05, 3.63) is 31.9 Å². The van der Waals surface area contributed by atoms with Crippen LogP contribution in [-0.2, 0) is 19.6 Å². The largest absolute Gasteiger partial charge is 0.312 e. The van der Waals surface area contributed by atoms with E-state index in [1.54, 1.807) is 0 Å². The number of aryl methyl sites for hydroxylation is 1. The average molecular weight is 396 g/mol. The lowest BCUT2D eigenvalue weighted by Gasteiger charge is -2.31. The molecule has 0 spiro atoms. The van der Waals surface area contributed by atoms with Crippen molar-refractivity contribution in [2.45, 2.75) is 45.3 Å². The van der Waals surface area contributed by atoms with Gasteiger partial charge in [-0.2, -0.15) is 0 Å². The fraction of sp³-hybridized carbons (Fsp3) is 0.625. The molecule has 1 saturated heterocycles. The van der Waals surface area contributed by atoms with Crippen LogP contribution in [0.2, 0.25) is 0 Å². The van der Waals surface area contributed by atoms with Gasteiger partial charge in [-0.15, -0.1) is 21.5 Å². The van der Waals surface area contributed by atoms with Crippen molar-refractivity contribution in [1.82, 2.24) is 25.0 Å². The van der Waals surface area contributed by atoms with Gasteiger partial charge in [0.2, 0.25) is 0 Å². The number of halogens is 1. The third kappa shape index (κ3) is 3.24. The normalized spacial score (nSPS) is 19.9. The molecule has 2 aromatic rings. The lowest BCUT2D eigenvalue weighted by Crippen LogP contribution is -2.34. The van der Waals surface area contributed by atoms with Gasteiger partial charge >= 0.3 is 0 Å². The Morgan fingerprint density at radius 3 is 2.87 bits per heavy atom. The molecule has 1 fully saturated rings. The Bertz CT molecular complexity index is 667. The van der Waals surface area contributed by atoms with Crippen molar-refractivity contribution >= 4 is 27.3 Å². The van der Waals surface area contributed by atoms with E-state index in [-0.39, 0.29) is 0 Å². The van der Waals surface area contributed by atoms with Crippen LogP contribution in [0.3, 0.4) is 0 Å². The van der Waals surface area contributed by atoms with E-state index >= 15 is 0 Å². The van der Waals surface area contributed by atoms with Crippen molar-refractivity contribution in [2.75, 3.05) is 19.6 Å². The number of aromatic nitrogens is 3. The smallest absolute Gasteiger partial charge is 0.147 e. The van der Waals surface area contributed by atoms with Crippen molar-refractivity contribution in [2.24, 2.45) is 0 Å². The minimum atomic E-state index is 0.572. The Balaban J connectivity index is 1.38. The molecule has 4 heterocycles. The SMILES string of the molecule is Cc1cc(CN2CCC(c3nnc4n3CCNC4)CC2)sc1Br. The van der Waals surface area contributed by atoms with Gasteiger partial charge in [-0.1, -0.05) is 0 Å². The third-order valence-electron chi connectivity index (χ3n) is 4.89. The van der Waals surface area contributed by atoms with Crippen LogP contribution in [0, 0.1) is 6.92 Å². The highest BCUT2D eigenvalue weighted by molar-refractivity contribution is 9.11. The summed E-state index contributed by atoms with van der Waals surface area (Å²) in [5, 5.41) is 12.2. The second-order valence-corrected chi connectivity index (χ2v) is 8.98. The molecule has 5 nitrogen and oxygen atoms in total. The highest BCUT2D eigenvalue weighted by Crippen LogP contribution is 2.31. The number of fused-ring (bicyclic) bond motifs is 1. The molecule has 0 aliphatic carbocycles. The number of piperidine rings is 1. The van der Waals surface area contributed by atoms with E-state index in [2.05, 4.69) is 53.9 Å². The van der Waals surface area contributed by atoms with E-state index in [1.165, 1.54) is 32.9 Å². The number of nitrogens with one attached hydrogen (secondary N) is 1. The van der Waals surface area contributed by atoms with Crippen LogP contribution >= 0.6 is 27.3 Å². The molecule has 124 valence electrons. The number of likely N-dealkylation sites (tertiary alicyclic amines) is 1. The fourth-order valence-electron chi connectivity index (χ4n) is 3.59. The maximum absolute atomic E-state index is 4.50. The second kappa shape index (κ2) is 6.63. The molecule has 2 aliphatic heterocycles. The predicted octanol–water partition coefficient (Wildman–Crippen LogP) is 2.89. The second-order valence-electron chi connectivity index (χ2n) is 6.52. The van der Waals surface area contributed by atoms with Crippen molar-refractivity contribution in [3.8, 4) is 0 Å². The first-order chi connectivity index (χ1) is 11.2. The topological polar surface area (TPSA) is 46.0 Å². The molecule has 0 amide bonds. The zero-order chi connectivity index (χ0) is 15.8. The van der Waals surface area contributed by atoms with E-state index < -0.39 is 0 Å². The van der Waals surface area contributed by atoms with Crippen LogP contribution in [0.1, 0.15) is 40.8 Å². The number of rotatable bonds is 3. The first-order valence-corrected chi connectivity index (χ1v) is 9.91. The molecule has 1 N–H and O–H groups in total. The minimum Gasteiger partial charge on any atom is -0.312 e. The Hall–Kier alpha value is -0.760. The number of nitrogens with zero attached hydrogens (tertiary/aromatic N) is 4. The van der Waals surface area contributed by atoms with Crippen molar-refractivity contribution < 1.29 is 0 Å².